The van der Waals surface area contributed by atoms with Crippen molar-refractivity contribution >= 4 is 22.6 Å². The molecule has 1 N–H and O–H groups in total. The van der Waals surface area contributed by atoms with E-state index in [0.29, 0.717) is 17.2 Å². The van der Waals surface area contributed by atoms with Crippen molar-refractivity contribution in [1.29, 1.82) is 0 Å². The van der Waals surface area contributed by atoms with E-state index in [-0.39, 0.29) is 18.4 Å². The minimum absolute atomic E-state index is 0.0876. The summed E-state index contributed by atoms with van der Waals surface area (Å²) in [5.74, 6) is 1.24. The number of ether oxygens (including phenoxy) is 1. The van der Waals surface area contributed by atoms with Crippen LogP contribution in [-0.4, -0.2) is 12.0 Å². The summed E-state index contributed by atoms with van der Waals surface area (Å²) in [6.07, 6.45) is 1.53. The molecule has 4 rings (SSSR count). The smallest absolute Gasteiger partial charge is 0.228 e. The van der Waals surface area contributed by atoms with Crippen LogP contribution in [0.1, 0.15) is 6.42 Å². The summed E-state index contributed by atoms with van der Waals surface area (Å²) < 4.78 is 11.9. The van der Waals surface area contributed by atoms with Crippen LogP contribution in [0.15, 0.2) is 65.6 Å². The molecule has 114 valence electrons. The Bertz CT molecular complexity index is 877. The summed E-state index contributed by atoms with van der Waals surface area (Å²) in [6, 6.07) is 15.4. The third kappa shape index (κ3) is 2.38. The van der Waals surface area contributed by atoms with Crippen molar-refractivity contribution in [3.8, 4) is 17.1 Å². The first kappa shape index (κ1) is 13.6. The van der Waals surface area contributed by atoms with Crippen molar-refractivity contribution in [2.75, 3.05) is 5.32 Å². The Morgan fingerprint density at radius 3 is 2.87 bits per heavy atom. The zero-order valence-corrected chi connectivity index (χ0v) is 12.4. The van der Waals surface area contributed by atoms with Crippen molar-refractivity contribution in [2.45, 2.75) is 12.5 Å². The number of carbonyl (C=O) groups excluding carboxylic acids is 1. The van der Waals surface area contributed by atoms with Crippen LogP contribution in [0.25, 0.3) is 22.3 Å². The van der Waals surface area contributed by atoms with Gasteiger partial charge >= 0.3 is 0 Å². The monoisotopic (exact) mass is 305 g/mol. The van der Waals surface area contributed by atoms with Crippen LogP contribution in [0.5, 0.6) is 5.75 Å². The number of carbonyl (C=O) groups is 1. The summed E-state index contributed by atoms with van der Waals surface area (Å²) in [5.41, 5.74) is 2.28. The Labute approximate surface area is 133 Å². The van der Waals surface area contributed by atoms with E-state index in [2.05, 4.69) is 11.9 Å². The Kier molecular flexibility index (Phi) is 3.15. The van der Waals surface area contributed by atoms with Crippen molar-refractivity contribution < 1.29 is 13.9 Å². The summed E-state index contributed by atoms with van der Waals surface area (Å²) >= 11 is 0. The zero-order chi connectivity index (χ0) is 15.8. The average molecular weight is 305 g/mol. The molecule has 1 aliphatic heterocycles. The molecule has 0 fully saturated rings. The van der Waals surface area contributed by atoms with Crippen molar-refractivity contribution in [3.05, 3.63) is 61.2 Å². The van der Waals surface area contributed by atoms with E-state index >= 15 is 0 Å². The van der Waals surface area contributed by atoms with Gasteiger partial charge in [0, 0.05) is 5.39 Å². The van der Waals surface area contributed by atoms with Gasteiger partial charge in [-0.25, -0.2) is 0 Å². The van der Waals surface area contributed by atoms with E-state index in [4.69, 9.17) is 9.15 Å². The van der Waals surface area contributed by atoms with Crippen LogP contribution in [-0.2, 0) is 4.79 Å². The standard InChI is InChI=1S/C19H15NO3/c1-2-13-11-18(21)20-15-8-5-7-14(19(15)22-13)17-10-12-6-3-4-9-16(12)23-17/h2-10,13H,1,11H2,(H,20,21)/t13-/m1/s1. The average Bonchev–Trinajstić information content (AvgIpc) is 2.91. The molecule has 0 saturated heterocycles. The lowest BCUT2D eigenvalue weighted by Gasteiger charge is -2.14. The predicted octanol–water partition coefficient (Wildman–Crippen LogP) is 4.38. The Hall–Kier alpha value is -3.01. The highest BCUT2D eigenvalue weighted by Gasteiger charge is 2.24. The maximum Gasteiger partial charge on any atom is 0.228 e. The molecule has 2 aromatic carbocycles. The lowest BCUT2D eigenvalue weighted by atomic mass is 10.1. The Balaban J connectivity index is 1.88. The second kappa shape index (κ2) is 5.32. The number of para-hydroxylation sites is 2. The van der Waals surface area contributed by atoms with Crippen LogP contribution in [0.2, 0.25) is 0 Å². The number of rotatable bonds is 2. The van der Waals surface area contributed by atoms with Gasteiger partial charge in [-0.1, -0.05) is 36.9 Å². The fraction of sp³-hybridized carbons (Fsp3) is 0.105. The molecule has 0 unspecified atom stereocenters. The third-order valence-electron chi connectivity index (χ3n) is 3.90. The Morgan fingerprint density at radius 1 is 1.17 bits per heavy atom. The number of amides is 1. The number of nitrogens with one attached hydrogen (secondary N) is 1. The molecular weight excluding hydrogens is 290 g/mol. The van der Waals surface area contributed by atoms with Crippen LogP contribution in [0.3, 0.4) is 0 Å². The van der Waals surface area contributed by atoms with E-state index in [1.807, 2.05) is 48.5 Å². The summed E-state index contributed by atoms with van der Waals surface area (Å²) in [5, 5.41) is 3.90. The van der Waals surface area contributed by atoms with E-state index in [9.17, 15) is 4.79 Å². The van der Waals surface area contributed by atoms with Gasteiger partial charge in [-0.05, 0) is 24.3 Å². The largest absolute Gasteiger partial charge is 0.483 e. The molecule has 1 amide bonds. The molecule has 4 heteroatoms. The van der Waals surface area contributed by atoms with Gasteiger partial charge in [0.25, 0.3) is 0 Å². The molecule has 0 spiro atoms. The first-order valence-corrected chi connectivity index (χ1v) is 7.45. The second-order valence-electron chi connectivity index (χ2n) is 5.48. The Morgan fingerprint density at radius 2 is 2.04 bits per heavy atom. The van der Waals surface area contributed by atoms with Crippen molar-refractivity contribution in [2.24, 2.45) is 0 Å². The molecule has 0 saturated carbocycles. The van der Waals surface area contributed by atoms with Crippen molar-refractivity contribution in [3.63, 3.8) is 0 Å². The van der Waals surface area contributed by atoms with Crippen molar-refractivity contribution in [1.82, 2.24) is 0 Å². The number of hydrogen-bond donors (Lipinski definition) is 1. The number of furan rings is 1. The summed E-state index contributed by atoms with van der Waals surface area (Å²) in [6.45, 7) is 3.74. The van der Waals surface area contributed by atoms with Crippen LogP contribution >= 0.6 is 0 Å². The molecule has 2 heterocycles. The molecule has 1 aromatic heterocycles. The zero-order valence-electron chi connectivity index (χ0n) is 12.4. The SMILES string of the molecule is C=C[C@@H]1CC(=O)Nc2cccc(-c3cc4ccccc4o3)c2O1. The third-order valence-corrected chi connectivity index (χ3v) is 3.90. The number of fused-ring (bicyclic) bond motifs is 2. The number of hydrogen-bond acceptors (Lipinski definition) is 3. The molecule has 1 aliphatic rings. The van der Waals surface area contributed by atoms with Crippen LogP contribution in [0.4, 0.5) is 5.69 Å². The molecule has 0 radical (unpaired) electrons. The minimum atomic E-state index is -0.359. The minimum Gasteiger partial charge on any atom is -0.483 e. The summed E-state index contributed by atoms with van der Waals surface area (Å²) in [4.78, 5) is 11.9. The van der Waals surface area contributed by atoms with Gasteiger partial charge in [-0.3, -0.25) is 4.79 Å². The van der Waals surface area contributed by atoms with Gasteiger partial charge in [0.15, 0.2) is 5.75 Å². The highest BCUT2D eigenvalue weighted by molar-refractivity contribution is 5.96. The molecule has 23 heavy (non-hydrogen) atoms. The fourth-order valence-electron chi connectivity index (χ4n) is 2.78. The van der Waals surface area contributed by atoms with Gasteiger partial charge < -0.3 is 14.5 Å². The first-order chi connectivity index (χ1) is 11.2. The lowest BCUT2D eigenvalue weighted by Crippen LogP contribution is -2.18. The molecule has 4 nitrogen and oxygen atoms in total. The van der Waals surface area contributed by atoms with Crippen LogP contribution in [0, 0.1) is 0 Å². The summed E-state index contributed by atoms with van der Waals surface area (Å²) in [7, 11) is 0. The normalized spacial score (nSPS) is 17.0. The quantitative estimate of drug-likeness (QED) is 0.715. The highest BCUT2D eigenvalue weighted by atomic mass is 16.5. The van der Waals surface area contributed by atoms with Gasteiger partial charge in [-0.2, -0.15) is 0 Å². The number of anilines is 1. The predicted molar refractivity (Wildman–Crippen MR) is 89.5 cm³/mol. The van der Waals surface area contributed by atoms with E-state index in [0.717, 1.165) is 16.5 Å². The number of benzene rings is 2. The molecule has 0 bridgehead atoms. The second-order valence-corrected chi connectivity index (χ2v) is 5.48. The maximum atomic E-state index is 11.9. The fourth-order valence-corrected chi connectivity index (χ4v) is 2.78. The van der Waals surface area contributed by atoms with E-state index in [1.165, 1.54) is 0 Å². The van der Waals surface area contributed by atoms with Gasteiger partial charge in [0.1, 0.15) is 17.4 Å². The topological polar surface area (TPSA) is 51.5 Å². The maximum absolute atomic E-state index is 11.9. The molecule has 0 aliphatic carbocycles. The molecule has 3 aromatic rings. The van der Waals surface area contributed by atoms with Crippen LogP contribution < -0.4 is 10.1 Å². The van der Waals surface area contributed by atoms with E-state index in [1.54, 1.807) is 6.08 Å². The van der Waals surface area contributed by atoms with Gasteiger partial charge in [0.2, 0.25) is 5.91 Å². The van der Waals surface area contributed by atoms with E-state index < -0.39 is 0 Å². The van der Waals surface area contributed by atoms with Gasteiger partial charge in [-0.15, -0.1) is 0 Å². The van der Waals surface area contributed by atoms with Gasteiger partial charge in [0.05, 0.1) is 17.7 Å². The molecule has 1 atom stereocenters. The lowest BCUT2D eigenvalue weighted by molar-refractivity contribution is -0.117. The highest BCUT2D eigenvalue weighted by Crippen LogP contribution is 2.40. The first-order valence-electron chi connectivity index (χ1n) is 7.45. The molecular formula is C19H15NO3.